The predicted molar refractivity (Wildman–Crippen MR) is 141 cm³/mol. The molecular weight excluding hydrogens is 472 g/mol. The molecule has 4 aromatic rings. The topological polar surface area (TPSA) is 93.8 Å². The van der Waals surface area contributed by atoms with Crippen molar-refractivity contribution in [2.75, 3.05) is 6.54 Å². The molecule has 2 N–H and O–H groups in total. The van der Waals surface area contributed by atoms with E-state index in [9.17, 15) is 9.59 Å². The number of aromatic nitrogens is 4. The summed E-state index contributed by atoms with van der Waals surface area (Å²) < 4.78 is 3.20. The first-order valence-electron chi connectivity index (χ1n) is 12.3. The summed E-state index contributed by atoms with van der Waals surface area (Å²) in [4.78, 5) is 33.4. The molecule has 0 radical (unpaired) electrons. The van der Waals surface area contributed by atoms with Crippen molar-refractivity contribution < 1.29 is 4.79 Å². The molecule has 3 aromatic heterocycles. The number of carbonyl (C=O) groups excluding carboxylic acids is 1. The van der Waals surface area contributed by atoms with Crippen LogP contribution in [0.15, 0.2) is 59.8 Å². The molecule has 9 heteroatoms. The Hall–Kier alpha value is -3.56. The van der Waals surface area contributed by atoms with Crippen LogP contribution in [-0.2, 0) is 50.7 Å². The summed E-state index contributed by atoms with van der Waals surface area (Å²) in [5, 5.41) is 10.6. The standard InChI is InChI=1S/C27H30N6O2S/c1-32-17-21(14-31-32)24-16-29-23(9-5-8-19-6-3-2-4-7-19)27(35)33(24)18-26(34)30-15-22-12-20-13-28-11-10-25(20)36-22/h2-4,6-7,12,14,16-17,28H,5,8-11,13,15,18H2,1H3,(H,30,34). The molecule has 0 bridgehead atoms. The smallest absolute Gasteiger partial charge is 0.273 e. The number of aryl methyl sites for hydroxylation is 3. The fraction of sp³-hybridized carbons (Fsp3) is 0.333. The number of carbonyl (C=O) groups is 1. The van der Waals surface area contributed by atoms with Crippen molar-refractivity contribution in [2.24, 2.45) is 7.05 Å². The Bertz CT molecular complexity index is 1380. The summed E-state index contributed by atoms with van der Waals surface area (Å²) in [6, 6.07) is 12.4. The normalized spacial score (nSPS) is 12.9. The highest BCUT2D eigenvalue weighted by Crippen LogP contribution is 2.25. The molecule has 0 saturated carbocycles. The van der Waals surface area contributed by atoms with Crippen molar-refractivity contribution in [1.82, 2.24) is 30.0 Å². The van der Waals surface area contributed by atoms with Crippen molar-refractivity contribution in [3.8, 4) is 11.3 Å². The lowest BCUT2D eigenvalue weighted by molar-refractivity contribution is -0.121. The van der Waals surface area contributed by atoms with Gasteiger partial charge in [0.05, 0.1) is 24.6 Å². The number of hydrogen-bond acceptors (Lipinski definition) is 6. The van der Waals surface area contributed by atoms with Gasteiger partial charge in [0.1, 0.15) is 12.2 Å². The molecule has 0 unspecified atom stereocenters. The van der Waals surface area contributed by atoms with Crippen LogP contribution in [-0.4, -0.2) is 31.8 Å². The molecule has 0 saturated heterocycles. The first-order chi connectivity index (χ1) is 17.6. The zero-order valence-electron chi connectivity index (χ0n) is 20.4. The Morgan fingerprint density at radius 3 is 2.83 bits per heavy atom. The first-order valence-corrected chi connectivity index (χ1v) is 13.1. The average Bonchev–Trinajstić information content (AvgIpc) is 3.51. The van der Waals surface area contributed by atoms with Gasteiger partial charge < -0.3 is 10.6 Å². The summed E-state index contributed by atoms with van der Waals surface area (Å²) in [7, 11) is 1.82. The highest BCUT2D eigenvalue weighted by atomic mass is 32.1. The van der Waals surface area contributed by atoms with Gasteiger partial charge in [0.25, 0.3) is 5.56 Å². The molecule has 1 aliphatic heterocycles. The molecule has 5 rings (SSSR count). The molecule has 0 aliphatic carbocycles. The monoisotopic (exact) mass is 502 g/mol. The van der Waals surface area contributed by atoms with E-state index in [4.69, 9.17) is 0 Å². The first kappa shape index (κ1) is 24.1. The van der Waals surface area contributed by atoms with E-state index in [-0.39, 0.29) is 18.0 Å². The lowest BCUT2D eigenvalue weighted by atomic mass is 10.1. The Balaban J connectivity index is 1.31. The molecule has 1 aromatic carbocycles. The van der Waals surface area contributed by atoms with Gasteiger partial charge in [-0.2, -0.15) is 5.10 Å². The Morgan fingerprint density at radius 1 is 1.19 bits per heavy atom. The largest absolute Gasteiger partial charge is 0.350 e. The summed E-state index contributed by atoms with van der Waals surface area (Å²) in [6.45, 7) is 2.27. The quantitative estimate of drug-likeness (QED) is 0.367. The summed E-state index contributed by atoms with van der Waals surface area (Å²) in [5.74, 6) is -0.201. The highest BCUT2D eigenvalue weighted by Gasteiger charge is 2.17. The summed E-state index contributed by atoms with van der Waals surface area (Å²) >= 11 is 1.75. The Labute approximate surface area is 214 Å². The molecule has 1 aliphatic rings. The molecule has 8 nitrogen and oxygen atoms in total. The summed E-state index contributed by atoms with van der Waals surface area (Å²) in [5.41, 5.74) is 4.15. The van der Waals surface area contributed by atoms with Crippen LogP contribution in [0.5, 0.6) is 0 Å². The zero-order valence-corrected chi connectivity index (χ0v) is 21.2. The van der Waals surface area contributed by atoms with Gasteiger partial charge in [-0.1, -0.05) is 30.3 Å². The molecule has 0 atom stereocenters. The number of rotatable bonds is 9. The number of benzene rings is 1. The number of fused-ring (bicyclic) bond motifs is 1. The lowest BCUT2D eigenvalue weighted by Gasteiger charge is -2.13. The van der Waals surface area contributed by atoms with E-state index in [0.717, 1.165) is 42.8 Å². The van der Waals surface area contributed by atoms with Crippen LogP contribution >= 0.6 is 11.3 Å². The fourth-order valence-electron chi connectivity index (χ4n) is 4.53. The van der Waals surface area contributed by atoms with Gasteiger partial charge in [-0.15, -0.1) is 11.3 Å². The second-order valence-electron chi connectivity index (χ2n) is 9.09. The van der Waals surface area contributed by atoms with Gasteiger partial charge in [0, 0.05) is 41.7 Å². The average molecular weight is 503 g/mol. The Morgan fingerprint density at radius 2 is 2.06 bits per heavy atom. The third kappa shape index (κ3) is 5.63. The molecule has 0 spiro atoms. The fourth-order valence-corrected chi connectivity index (χ4v) is 5.66. The van der Waals surface area contributed by atoms with Crippen LogP contribution in [0.4, 0.5) is 0 Å². The van der Waals surface area contributed by atoms with Gasteiger partial charge in [0.15, 0.2) is 0 Å². The van der Waals surface area contributed by atoms with Crippen molar-refractivity contribution >= 4 is 17.2 Å². The molecule has 1 amide bonds. The van der Waals surface area contributed by atoms with E-state index < -0.39 is 0 Å². The summed E-state index contributed by atoms with van der Waals surface area (Å²) in [6.07, 6.45) is 8.45. The van der Waals surface area contributed by atoms with Crippen molar-refractivity contribution in [2.45, 2.75) is 45.3 Å². The maximum Gasteiger partial charge on any atom is 0.273 e. The van der Waals surface area contributed by atoms with E-state index >= 15 is 0 Å². The maximum atomic E-state index is 13.4. The van der Waals surface area contributed by atoms with E-state index in [1.807, 2.05) is 31.4 Å². The van der Waals surface area contributed by atoms with E-state index in [1.165, 1.54) is 20.6 Å². The van der Waals surface area contributed by atoms with Crippen LogP contribution in [0.2, 0.25) is 0 Å². The SMILES string of the molecule is Cn1cc(-c2cnc(CCCc3ccccc3)c(=O)n2CC(=O)NCc2cc3c(s2)CCNC3)cn1. The maximum absolute atomic E-state index is 13.4. The minimum atomic E-state index is -0.225. The number of nitrogens with zero attached hydrogens (tertiary/aromatic N) is 4. The minimum Gasteiger partial charge on any atom is -0.350 e. The predicted octanol–water partition coefficient (Wildman–Crippen LogP) is 2.84. The van der Waals surface area contributed by atoms with Crippen LogP contribution in [0.1, 0.15) is 33.0 Å². The minimum absolute atomic E-state index is 0.0656. The second-order valence-corrected chi connectivity index (χ2v) is 10.3. The molecule has 0 fully saturated rings. The van der Waals surface area contributed by atoms with Gasteiger partial charge in [-0.3, -0.25) is 23.8 Å². The van der Waals surface area contributed by atoms with Crippen LogP contribution < -0.4 is 16.2 Å². The van der Waals surface area contributed by atoms with Gasteiger partial charge in [0.2, 0.25) is 5.91 Å². The van der Waals surface area contributed by atoms with E-state index in [0.29, 0.717) is 24.4 Å². The number of nitrogens with one attached hydrogen (secondary N) is 2. The molecule has 36 heavy (non-hydrogen) atoms. The second kappa shape index (κ2) is 11.0. The van der Waals surface area contributed by atoms with Gasteiger partial charge in [-0.25, -0.2) is 0 Å². The van der Waals surface area contributed by atoms with E-state index in [1.54, 1.807) is 28.4 Å². The molecular formula is C27H30N6O2S. The third-order valence-electron chi connectivity index (χ3n) is 6.40. The van der Waals surface area contributed by atoms with Gasteiger partial charge in [-0.05, 0) is 42.9 Å². The number of amides is 1. The van der Waals surface area contributed by atoms with Gasteiger partial charge >= 0.3 is 0 Å². The van der Waals surface area contributed by atoms with Crippen molar-refractivity contribution in [3.05, 3.63) is 91.9 Å². The Kier molecular flexibility index (Phi) is 7.39. The number of thiophene rings is 1. The molecule has 4 heterocycles. The zero-order chi connectivity index (χ0) is 24.9. The van der Waals surface area contributed by atoms with Crippen molar-refractivity contribution in [3.63, 3.8) is 0 Å². The molecule has 186 valence electrons. The third-order valence-corrected chi connectivity index (χ3v) is 7.64. The van der Waals surface area contributed by atoms with Crippen LogP contribution in [0, 0.1) is 0 Å². The lowest BCUT2D eigenvalue weighted by Crippen LogP contribution is -2.34. The highest BCUT2D eigenvalue weighted by molar-refractivity contribution is 7.12. The number of hydrogen-bond donors (Lipinski definition) is 2. The van der Waals surface area contributed by atoms with E-state index in [2.05, 4.69) is 38.9 Å². The van der Waals surface area contributed by atoms with Crippen molar-refractivity contribution in [1.29, 1.82) is 0 Å². The van der Waals surface area contributed by atoms with Crippen LogP contribution in [0.25, 0.3) is 11.3 Å². The van der Waals surface area contributed by atoms with Crippen LogP contribution in [0.3, 0.4) is 0 Å².